The van der Waals surface area contributed by atoms with Crippen LogP contribution in [0, 0.1) is 0 Å². The Morgan fingerprint density at radius 1 is 1.39 bits per heavy atom. The number of benzene rings is 1. The van der Waals surface area contributed by atoms with Gasteiger partial charge in [-0.05, 0) is 17.7 Å². The summed E-state index contributed by atoms with van der Waals surface area (Å²) in [5.41, 5.74) is 3.93. The Morgan fingerprint density at radius 3 is 2.28 bits per heavy atom. The summed E-state index contributed by atoms with van der Waals surface area (Å²) in [4.78, 5) is 11.2. The van der Waals surface area contributed by atoms with Gasteiger partial charge in [-0.1, -0.05) is 12.1 Å². The van der Waals surface area contributed by atoms with E-state index in [0.29, 0.717) is 0 Å². The summed E-state index contributed by atoms with van der Waals surface area (Å²) in [6.07, 6.45) is 0.660. The van der Waals surface area contributed by atoms with Crippen molar-refractivity contribution in [2.45, 2.75) is 17.0 Å². The summed E-state index contributed by atoms with van der Waals surface area (Å²) < 4.78 is 26.9. The van der Waals surface area contributed by atoms with Gasteiger partial charge in [0, 0.05) is 6.26 Å². The molecule has 0 saturated carbocycles. The maximum atomic E-state index is 11.3. The molecule has 0 fully saturated rings. The van der Waals surface area contributed by atoms with E-state index < -0.39 is 28.0 Å². The monoisotopic (exact) mass is 273 g/mol. The van der Waals surface area contributed by atoms with Crippen LogP contribution in [0.2, 0.25) is 0 Å². The second-order valence-corrected chi connectivity index (χ2v) is 5.99. The van der Waals surface area contributed by atoms with Gasteiger partial charge < -0.3 is 9.84 Å². The second-order valence-electron chi connectivity index (χ2n) is 3.97. The molecule has 0 aliphatic heterocycles. The van der Waals surface area contributed by atoms with Gasteiger partial charge in [0.15, 0.2) is 9.84 Å². The molecule has 7 heteroatoms. The fraction of sp³-hybridized carbons (Fsp3) is 0.364. The Morgan fingerprint density at radius 2 is 1.89 bits per heavy atom. The van der Waals surface area contributed by atoms with Gasteiger partial charge in [-0.3, -0.25) is 10.5 Å². The van der Waals surface area contributed by atoms with Gasteiger partial charge >= 0.3 is 5.97 Å². The number of carbonyl (C=O) groups is 1. The molecular formula is C11H15NO5S. The SMILES string of the molecule is COC(=O)CC(N)(O)c1ccc(S(C)(=O)=O)cc1. The van der Waals surface area contributed by atoms with Crippen LogP contribution in [0.1, 0.15) is 12.0 Å². The van der Waals surface area contributed by atoms with Crippen LogP contribution in [0.4, 0.5) is 0 Å². The van der Waals surface area contributed by atoms with Crippen molar-refractivity contribution in [2.24, 2.45) is 5.73 Å². The van der Waals surface area contributed by atoms with Crippen LogP contribution in [0.5, 0.6) is 0 Å². The Labute approximate surface area is 105 Å². The van der Waals surface area contributed by atoms with Crippen molar-refractivity contribution in [3.63, 3.8) is 0 Å². The molecule has 1 atom stereocenters. The van der Waals surface area contributed by atoms with E-state index in [1.807, 2.05) is 0 Å². The third-order valence-electron chi connectivity index (χ3n) is 2.42. The van der Waals surface area contributed by atoms with Gasteiger partial charge in [-0.2, -0.15) is 0 Å². The molecule has 1 rings (SSSR count). The zero-order valence-electron chi connectivity index (χ0n) is 10.1. The molecule has 100 valence electrons. The highest BCUT2D eigenvalue weighted by Crippen LogP contribution is 2.21. The number of hydrogen-bond acceptors (Lipinski definition) is 6. The molecule has 0 aliphatic carbocycles. The zero-order valence-corrected chi connectivity index (χ0v) is 10.9. The predicted molar refractivity (Wildman–Crippen MR) is 64.3 cm³/mol. The molecule has 0 amide bonds. The van der Waals surface area contributed by atoms with Gasteiger partial charge in [-0.25, -0.2) is 8.42 Å². The summed E-state index contributed by atoms with van der Waals surface area (Å²) in [5.74, 6) is -0.660. The third-order valence-corrected chi connectivity index (χ3v) is 3.55. The number of esters is 1. The van der Waals surface area contributed by atoms with E-state index in [1.165, 1.54) is 31.4 Å². The molecule has 0 spiro atoms. The topological polar surface area (TPSA) is 107 Å². The number of ether oxygens (including phenoxy) is 1. The number of methoxy groups -OCH3 is 1. The van der Waals surface area contributed by atoms with Crippen molar-refractivity contribution in [1.29, 1.82) is 0 Å². The fourth-order valence-corrected chi connectivity index (χ4v) is 2.02. The average Bonchev–Trinajstić information content (AvgIpc) is 2.27. The van der Waals surface area contributed by atoms with Gasteiger partial charge in [0.25, 0.3) is 0 Å². The summed E-state index contributed by atoms with van der Waals surface area (Å²) in [5, 5.41) is 9.91. The Kier molecular flexibility index (Phi) is 4.10. The zero-order chi connectivity index (χ0) is 14.0. The van der Waals surface area contributed by atoms with Crippen LogP contribution < -0.4 is 5.73 Å². The van der Waals surface area contributed by atoms with Crippen molar-refractivity contribution in [1.82, 2.24) is 0 Å². The lowest BCUT2D eigenvalue weighted by molar-refractivity contribution is -0.146. The van der Waals surface area contributed by atoms with Crippen molar-refractivity contribution < 1.29 is 23.1 Å². The molecule has 0 radical (unpaired) electrons. The number of hydrogen-bond donors (Lipinski definition) is 2. The summed E-state index contributed by atoms with van der Waals surface area (Å²) in [6, 6.07) is 5.36. The molecule has 0 heterocycles. The average molecular weight is 273 g/mol. The minimum Gasteiger partial charge on any atom is -0.469 e. The van der Waals surface area contributed by atoms with Crippen molar-refractivity contribution in [3.05, 3.63) is 29.8 Å². The maximum absolute atomic E-state index is 11.3. The molecule has 0 aliphatic rings. The first kappa shape index (κ1) is 14.6. The Balaban J connectivity index is 3.01. The number of aliphatic hydroxyl groups is 1. The van der Waals surface area contributed by atoms with E-state index in [-0.39, 0.29) is 10.5 Å². The first-order chi connectivity index (χ1) is 8.16. The van der Waals surface area contributed by atoms with Crippen LogP contribution in [-0.4, -0.2) is 32.9 Å². The number of carbonyl (C=O) groups excluding carboxylic acids is 1. The second kappa shape index (κ2) is 5.05. The van der Waals surface area contributed by atoms with E-state index in [9.17, 15) is 18.3 Å². The lowest BCUT2D eigenvalue weighted by atomic mass is 10.0. The highest BCUT2D eigenvalue weighted by Gasteiger charge is 2.28. The molecule has 1 aromatic carbocycles. The van der Waals surface area contributed by atoms with Gasteiger partial charge in [0.1, 0.15) is 5.72 Å². The van der Waals surface area contributed by atoms with Crippen LogP contribution in [0.15, 0.2) is 29.2 Å². The Bertz CT molecular complexity index is 533. The van der Waals surface area contributed by atoms with Crippen molar-refractivity contribution >= 4 is 15.8 Å². The van der Waals surface area contributed by atoms with Crippen molar-refractivity contribution in [2.75, 3.05) is 13.4 Å². The number of sulfone groups is 1. The largest absolute Gasteiger partial charge is 0.469 e. The molecule has 1 unspecified atom stereocenters. The maximum Gasteiger partial charge on any atom is 0.310 e. The molecule has 0 bridgehead atoms. The lowest BCUT2D eigenvalue weighted by Crippen LogP contribution is -2.39. The van der Waals surface area contributed by atoms with E-state index in [4.69, 9.17) is 5.73 Å². The van der Waals surface area contributed by atoms with E-state index in [1.54, 1.807) is 0 Å². The van der Waals surface area contributed by atoms with E-state index >= 15 is 0 Å². The third kappa shape index (κ3) is 3.52. The van der Waals surface area contributed by atoms with Crippen LogP contribution in [-0.2, 0) is 25.1 Å². The minimum absolute atomic E-state index is 0.111. The van der Waals surface area contributed by atoms with Crippen LogP contribution in [0.3, 0.4) is 0 Å². The number of rotatable bonds is 4. The van der Waals surface area contributed by atoms with Gasteiger partial charge in [0.2, 0.25) is 0 Å². The normalized spacial score (nSPS) is 14.9. The number of nitrogens with two attached hydrogens (primary N) is 1. The fourth-order valence-electron chi connectivity index (χ4n) is 1.39. The molecule has 1 aromatic rings. The summed E-state index contributed by atoms with van der Waals surface area (Å²) in [7, 11) is -2.12. The van der Waals surface area contributed by atoms with E-state index in [0.717, 1.165) is 6.26 Å². The molecular weight excluding hydrogens is 258 g/mol. The quantitative estimate of drug-likeness (QED) is 0.579. The highest BCUT2D eigenvalue weighted by molar-refractivity contribution is 7.90. The molecule has 3 N–H and O–H groups in total. The van der Waals surface area contributed by atoms with Crippen molar-refractivity contribution in [3.8, 4) is 0 Å². The minimum atomic E-state index is -3.31. The van der Waals surface area contributed by atoms with Gasteiger partial charge in [0.05, 0.1) is 18.4 Å². The van der Waals surface area contributed by atoms with E-state index in [2.05, 4.69) is 4.74 Å². The first-order valence-electron chi connectivity index (χ1n) is 5.05. The molecule has 0 aromatic heterocycles. The molecule has 0 saturated heterocycles. The predicted octanol–water partition coefficient (Wildman–Crippen LogP) is -0.243. The van der Waals surface area contributed by atoms with Crippen LogP contribution in [0.25, 0.3) is 0 Å². The Hall–Kier alpha value is -1.44. The summed E-state index contributed by atoms with van der Waals surface area (Å²) in [6.45, 7) is 0. The summed E-state index contributed by atoms with van der Waals surface area (Å²) >= 11 is 0. The highest BCUT2D eigenvalue weighted by atomic mass is 32.2. The molecule has 18 heavy (non-hydrogen) atoms. The standard InChI is InChI=1S/C11H15NO5S/c1-17-10(13)7-11(12,14)8-3-5-9(6-4-8)18(2,15)16/h3-6,14H,7,12H2,1-2H3. The van der Waals surface area contributed by atoms with Crippen LogP contribution >= 0.6 is 0 Å². The molecule has 6 nitrogen and oxygen atoms in total. The van der Waals surface area contributed by atoms with Gasteiger partial charge in [-0.15, -0.1) is 0 Å². The first-order valence-corrected chi connectivity index (χ1v) is 6.94. The smallest absolute Gasteiger partial charge is 0.310 e. The lowest BCUT2D eigenvalue weighted by Gasteiger charge is -2.22.